The molecule has 0 spiro atoms. The normalized spacial score (nSPS) is 15.2. The van der Waals surface area contributed by atoms with Gasteiger partial charge in [-0.25, -0.2) is 0 Å². The first-order chi connectivity index (χ1) is 13.4. The SMILES string of the molecule is Cc1c(C(=O)Nc2cc(Cl)ccc2N2CCN(C)CC2)oc2c(C)cccc12. The smallest absolute Gasteiger partial charge is 0.291 e. The number of furan rings is 1. The molecule has 0 bridgehead atoms. The summed E-state index contributed by atoms with van der Waals surface area (Å²) in [5.74, 6) is 0.0827. The highest BCUT2D eigenvalue weighted by atomic mass is 35.5. The van der Waals surface area contributed by atoms with Crippen molar-refractivity contribution in [3.63, 3.8) is 0 Å². The fourth-order valence-corrected chi connectivity index (χ4v) is 3.88. The number of hydrogen-bond donors (Lipinski definition) is 1. The zero-order chi connectivity index (χ0) is 19.8. The summed E-state index contributed by atoms with van der Waals surface area (Å²) < 4.78 is 5.93. The van der Waals surface area contributed by atoms with Gasteiger partial charge in [0.25, 0.3) is 5.91 Å². The van der Waals surface area contributed by atoms with Crippen LogP contribution < -0.4 is 10.2 Å². The number of carbonyl (C=O) groups is 1. The third-order valence-electron chi connectivity index (χ3n) is 5.42. The lowest BCUT2D eigenvalue weighted by molar-refractivity contribution is 0.0998. The molecule has 0 radical (unpaired) electrons. The van der Waals surface area contributed by atoms with E-state index in [1.54, 1.807) is 6.07 Å². The summed E-state index contributed by atoms with van der Waals surface area (Å²) in [7, 11) is 2.12. The van der Waals surface area contributed by atoms with Crippen molar-refractivity contribution in [1.29, 1.82) is 0 Å². The maximum Gasteiger partial charge on any atom is 0.291 e. The lowest BCUT2D eigenvalue weighted by atomic mass is 10.1. The van der Waals surface area contributed by atoms with Gasteiger partial charge in [-0.2, -0.15) is 0 Å². The van der Waals surface area contributed by atoms with Crippen LogP contribution in [-0.4, -0.2) is 44.0 Å². The number of halogens is 1. The van der Waals surface area contributed by atoms with Gasteiger partial charge >= 0.3 is 0 Å². The molecule has 1 fully saturated rings. The molecule has 4 rings (SSSR count). The minimum absolute atomic E-state index is 0.259. The van der Waals surface area contributed by atoms with Crippen LogP contribution in [0.4, 0.5) is 11.4 Å². The summed E-state index contributed by atoms with van der Waals surface area (Å²) in [6, 6.07) is 11.6. The number of para-hydroxylation sites is 1. The largest absolute Gasteiger partial charge is 0.450 e. The van der Waals surface area contributed by atoms with Crippen LogP contribution in [0.5, 0.6) is 0 Å². The third-order valence-corrected chi connectivity index (χ3v) is 5.65. The van der Waals surface area contributed by atoms with Crippen LogP contribution >= 0.6 is 11.6 Å². The lowest BCUT2D eigenvalue weighted by Crippen LogP contribution is -2.44. The molecule has 28 heavy (non-hydrogen) atoms. The Morgan fingerprint density at radius 3 is 2.57 bits per heavy atom. The van der Waals surface area contributed by atoms with Crippen LogP contribution in [0.3, 0.4) is 0 Å². The van der Waals surface area contributed by atoms with E-state index in [0.717, 1.165) is 54.0 Å². The van der Waals surface area contributed by atoms with Gasteiger partial charge in [0.2, 0.25) is 0 Å². The number of aryl methyl sites for hydroxylation is 2. The van der Waals surface area contributed by atoms with Crippen LogP contribution in [0.25, 0.3) is 11.0 Å². The monoisotopic (exact) mass is 397 g/mol. The summed E-state index contributed by atoms with van der Waals surface area (Å²) in [5, 5.41) is 4.58. The number of piperazine rings is 1. The highest BCUT2D eigenvalue weighted by Crippen LogP contribution is 2.32. The minimum Gasteiger partial charge on any atom is -0.450 e. The second kappa shape index (κ2) is 7.49. The van der Waals surface area contributed by atoms with Crippen molar-refractivity contribution in [3.8, 4) is 0 Å². The number of nitrogens with zero attached hydrogens (tertiary/aromatic N) is 2. The summed E-state index contributed by atoms with van der Waals surface area (Å²) in [5.41, 5.74) is 4.31. The predicted molar refractivity (Wildman–Crippen MR) is 115 cm³/mol. The molecule has 1 saturated heterocycles. The molecular formula is C22H24ClN3O2. The Balaban J connectivity index is 1.66. The molecule has 146 valence electrons. The van der Waals surface area contributed by atoms with Gasteiger partial charge < -0.3 is 19.5 Å². The van der Waals surface area contributed by atoms with Gasteiger partial charge in [-0.3, -0.25) is 4.79 Å². The van der Waals surface area contributed by atoms with Gasteiger partial charge in [0, 0.05) is 42.2 Å². The second-order valence-corrected chi connectivity index (χ2v) is 7.85. The fourth-order valence-electron chi connectivity index (χ4n) is 3.71. The number of amides is 1. The first-order valence-corrected chi connectivity index (χ1v) is 9.85. The molecule has 1 aliphatic rings. The molecule has 6 heteroatoms. The molecule has 3 aromatic rings. The van der Waals surface area contributed by atoms with Crippen LogP contribution in [0, 0.1) is 13.8 Å². The van der Waals surface area contributed by atoms with E-state index in [4.69, 9.17) is 16.0 Å². The summed E-state index contributed by atoms with van der Waals surface area (Å²) in [6.45, 7) is 7.68. The number of hydrogen-bond acceptors (Lipinski definition) is 4. The van der Waals surface area contributed by atoms with Gasteiger partial charge in [0.05, 0.1) is 11.4 Å². The molecule has 1 aromatic heterocycles. The van der Waals surface area contributed by atoms with E-state index in [9.17, 15) is 4.79 Å². The van der Waals surface area contributed by atoms with E-state index in [1.807, 2.05) is 44.2 Å². The molecular weight excluding hydrogens is 374 g/mol. The highest BCUT2D eigenvalue weighted by Gasteiger charge is 2.22. The molecule has 1 aliphatic heterocycles. The van der Waals surface area contributed by atoms with Gasteiger partial charge in [0.1, 0.15) is 5.58 Å². The molecule has 2 heterocycles. The number of rotatable bonds is 3. The van der Waals surface area contributed by atoms with Crippen molar-refractivity contribution in [3.05, 3.63) is 58.3 Å². The average molecular weight is 398 g/mol. The molecule has 0 unspecified atom stereocenters. The Morgan fingerprint density at radius 2 is 1.86 bits per heavy atom. The molecule has 0 atom stereocenters. The number of carbonyl (C=O) groups excluding carboxylic acids is 1. The van der Waals surface area contributed by atoms with E-state index in [0.29, 0.717) is 16.5 Å². The highest BCUT2D eigenvalue weighted by molar-refractivity contribution is 6.31. The summed E-state index contributed by atoms with van der Waals surface area (Å²) >= 11 is 6.22. The van der Waals surface area contributed by atoms with E-state index < -0.39 is 0 Å². The zero-order valence-electron chi connectivity index (χ0n) is 16.4. The molecule has 5 nitrogen and oxygen atoms in total. The molecule has 1 amide bonds. The molecule has 1 N–H and O–H groups in total. The average Bonchev–Trinajstić information content (AvgIpc) is 3.01. The van der Waals surface area contributed by atoms with E-state index in [1.165, 1.54) is 0 Å². The topological polar surface area (TPSA) is 48.7 Å². The summed E-state index contributed by atoms with van der Waals surface area (Å²) in [6.07, 6.45) is 0. The Bertz CT molecular complexity index is 1040. The predicted octanol–water partition coefficient (Wildman–Crippen LogP) is 4.71. The number of likely N-dealkylation sites (N-methyl/N-ethyl adjacent to an activating group) is 1. The van der Waals surface area contributed by atoms with E-state index in [-0.39, 0.29) is 5.91 Å². The Morgan fingerprint density at radius 1 is 1.11 bits per heavy atom. The standard InChI is InChI=1S/C22H24ClN3O2/c1-14-5-4-6-17-15(2)21(28-20(14)17)22(27)24-18-13-16(23)7-8-19(18)26-11-9-25(3)10-12-26/h4-8,13H,9-12H2,1-3H3,(H,24,27). The minimum atomic E-state index is -0.259. The number of fused-ring (bicyclic) bond motifs is 1. The van der Waals surface area contributed by atoms with Gasteiger partial charge in [-0.15, -0.1) is 0 Å². The Kier molecular flexibility index (Phi) is 5.04. The third kappa shape index (κ3) is 3.48. The van der Waals surface area contributed by atoms with Crippen LogP contribution in [0.15, 0.2) is 40.8 Å². The van der Waals surface area contributed by atoms with Crippen LogP contribution in [0.1, 0.15) is 21.7 Å². The van der Waals surface area contributed by atoms with Crippen molar-refractivity contribution in [2.24, 2.45) is 0 Å². The molecule has 0 saturated carbocycles. The lowest BCUT2D eigenvalue weighted by Gasteiger charge is -2.35. The zero-order valence-corrected chi connectivity index (χ0v) is 17.1. The number of anilines is 2. The molecule has 2 aromatic carbocycles. The number of benzene rings is 2. The fraction of sp³-hybridized carbons (Fsp3) is 0.318. The van der Waals surface area contributed by atoms with Crippen LogP contribution in [0.2, 0.25) is 5.02 Å². The van der Waals surface area contributed by atoms with E-state index in [2.05, 4.69) is 22.2 Å². The molecule has 0 aliphatic carbocycles. The van der Waals surface area contributed by atoms with Gasteiger partial charge in [-0.05, 0) is 44.7 Å². The Labute approximate surface area is 169 Å². The second-order valence-electron chi connectivity index (χ2n) is 7.41. The van der Waals surface area contributed by atoms with Gasteiger partial charge in [-0.1, -0.05) is 29.8 Å². The maximum atomic E-state index is 13.0. The first-order valence-electron chi connectivity index (χ1n) is 9.47. The van der Waals surface area contributed by atoms with Crippen molar-refractivity contribution in [1.82, 2.24) is 4.90 Å². The van der Waals surface area contributed by atoms with Crippen molar-refractivity contribution in [2.75, 3.05) is 43.4 Å². The van der Waals surface area contributed by atoms with Crippen molar-refractivity contribution < 1.29 is 9.21 Å². The first kappa shape index (κ1) is 18.8. The summed E-state index contributed by atoms with van der Waals surface area (Å²) in [4.78, 5) is 17.6. The van der Waals surface area contributed by atoms with Crippen molar-refractivity contribution in [2.45, 2.75) is 13.8 Å². The Hall–Kier alpha value is -2.50. The van der Waals surface area contributed by atoms with E-state index >= 15 is 0 Å². The maximum absolute atomic E-state index is 13.0. The van der Waals surface area contributed by atoms with Crippen molar-refractivity contribution >= 4 is 39.9 Å². The van der Waals surface area contributed by atoms with Crippen LogP contribution in [-0.2, 0) is 0 Å². The van der Waals surface area contributed by atoms with Gasteiger partial charge in [0.15, 0.2) is 5.76 Å². The number of nitrogens with one attached hydrogen (secondary N) is 1. The quantitative estimate of drug-likeness (QED) is 0.695.